The minimum Gasteiger partial charge on any atom is -0.504 e. The maximum Gasteiger partial charge on any atom is 0.230 e. The van der Waals surface area contributed by atoms with Crippen LogP contribution in [-0.4, -0.2) is 82.7 Å². The number of aromatic hydroxyl groups is 1. The predicted molar refractivity (Wildman–Crippen MR) is 142 cm³/mol. The molecule has 9 rings (SSSR count). The monoisotopic (exact) mass is 515 g/mol. The van der Waals surface area contributed by atoms with E-state index in [0.717, 1.165) is 56.8 Å². The minimum atomic E-state index is -0.124. The van der Waals surface area contributed by atoms with Crippen LogP contribution >= 0.6 is 0 Å². The molecule has 3 aliphatic carbocycles. The average Bonchev–Trinajstić information content (AvgIpc) is 3.70. The first-order valence-electron chi connectivity index (χ1n) is 14.4. The van der Waals surface area contributed by atoms with E-state index in [-0.39, 0.29) is 41.1 Å². The van der Waals surface area contributed by atoms with Gasteiger partial charge in [-0.1, -0.05) is 6.07 Å². The number of hydrogen-bond donors (Lipinski definition) is 1. The van der Waals surface area contributed by atoms with E-state index in [1.807, 2.05) is 25.1 Å². The van der Waals surface area contributed by atoms with Crippen LogP contribution in [0.25, 0.3) is 0 Å². The van der Waals surface area contributed by atoms with E-state index in [4.69, 9.17) is 4.74 Å². The fourth-order valence-corrected chi connectivity index (χ4v) is 9.21. The molecule has 0 radical (unpaired) electrons. The summed E-state index contributed by atoms with van der Waals surface area (Å²) in [5, 5.41) is 10.9. The molecular weight excluding hydrogens is 478 g/mol. The lowest BCUT2D eigenvalue weighted by atomic mass is 9.42. The number of amides is 1. The number of piperidine rings is 1. The standard InChI is InChI=1S/C30H37N5O3/c1-33(2)20-15-31-24(32-16-20)14-25(37)35-12-9-29-8-7-21(35)28-30(29)10-11-34(17-18-3-4-18)23(29)13-19-5-6-22(36)27(38-28)26(19)30/h5-6,15-16,18,21,23,28,36H,3-4,7-14,17H2,1-2H3/t21-,23-,28+,29-,30+/m1/s1. The summed E-state index contributed by atoms with van der Waals surface area (Å²) < 4.78 is 6.82. The molecule has 1 aromatic heterocycles. The number of nitrogens with zero attached hydrogens (tertiary/aromatic N) is 5. The second-order valence-corrected chi connectivity index (χ2v) is 12.9. The highest BCUT2D eigenvalue weighted by atomic mass is 16.5. The molecule has 2 aromatic rings. The number of ether oxygens (including phenoxy) is 1. The molecule has 5 heterocycles. The fourth-order valence-electron chi connectivity index (χ4n) is 9.21. The van der Waals surface area contributed by atoms with E-state index in [0.29, 0.717) is 17.6 Å². The number of hydrogen-bond acceptors (Lipinski definition) is 7. The van der Waals surface area contributed by atoms with Crippen molar-refractivity contribution in [3.05, 3.63) is 41.5 Å². The number of phenolic OH excluding ortho intramolecular Hbond substituents is 1. The summed E-state index contributed by atoms with van der Waals surface area (Å²) in [4.78, 5) is 29.8. The molecule has 1 amide bonds. The molecule has 1 aromatic carbocycles. The Morgan fingerprint density at radius 2 is 1.95 bits per heavy atom. The number of likely N-dealkylation sites (tertiary alicyclic amines) is 1. The van der Waals surface area contributed by atoms with Crippen molar-refractivity contribution in [1.29, 1.82) is 0 Å². The molecule has 5 atom stereocenters. The predicted octanol–water partition coefficient (Wildman–Crippen LogP) is 2.91. The molecule has 5 fully saturated rings. The van der Waals surface area contributed by atoms with Crippen molar-refractivity contribution in [3.63, 3.8) is 0 Å². The number of rotatable bonds is 5. The molecule has 4 bridgehead atoms. The Bertz CT molecular complexity index is 1310. The van der Waals surface area contributed by atoms with E-state index < -0.39 is 0 Å². The molecule has 4 aliphatic heterocycles. The van der Waals surface area contributed by atoms with Crippen LogP contribution in [0.3, 0.4) is 0 Å². The summed E-state index contributed by atoms with van der Waals surface area (Å²) >= 11 is 0. The lowest BCUT2D eigenvalue weighted by molar-refractivity contribution is -0.143. The number of fused-ring (bicyclic) bond motifs is 3. The second kappa shape index (κ2) is 7.84. The van der Waals surface area contributed by atoms with Crippen LogP contribution in [0.2, 0.25) is 0 Å². The van der Waals surface area contributed by atoms with Crippen LogP contribution in [0.5, 0.6) is 11.5 Å². The lowest BCUT2D eigenvalue weighted by Gasteiger charge is -2.66. The first-order valence-corrected chi connectivity index (χ1v) is 14.4. The smallest absolute Gasteiger partial charge is 0.230 e. The van der Waals surface area contributed by atoms with Gasteiger partial charge in [-0.25, -0.2) is 9.97 Å². The molecule has 200 valence electrons. The molecule has 2 spiro atoms. The summed E-state index contributed by atoms with van der Waals surface area (Å²) in [6.45, 7) is 3.06. The Morgan fingerprint density at radius 3 is 2.71 bits per heavy atom. The van der Waals surface area contributed by atoms with Crippen molar-refractivity contribution >= 4 is 11.6 Å². The van der Waals surface area contributed by atoms with Gasteiger partial charge in [-0.15, -0.1) is 0 Å². The Labute approximate surface area is 224 Å². The van der Waals surface area contributed by atoms with Crippen molar-refractivity contribution in [1.82, 2.24) is 19.8 Å². The lowest BCUT2D eigenvalue weighted by Crippen LogP contribution is -2.72. The van der Waals surface area contributed by atoms with Crippen LogP contribution in [0, 0.1) is 11.3 Å². The molecule has 2 saturated carbocycles. The van der Waals surface area contributed by atoms with Gasteiger partial charge >= 0.3 is 0 Å². The van der Waals surface area contributed by atoms with Crippen molar-refractivity contribution in [2.24, 2.45) is 11.3 Å². The van der Waals surface area contributed by atoms with Gasteiger partial charge in [-0.2, -0.15) is 0 Å². The largest absolute Gasteiger partial charge is 0.504 e. The Hall–Kier alpha value is -2.87. The summed E-state index contributed by atoms with van der Waals surface area (Å²) in [5.74, 6) is 2.47. The molecule has 3 saturated heterocycles. The van der Waals surface area contributed by atoms with E-state index in [1.165, 1.54) is 30.5 Å². The zero-order chi connectivity index (χ0) is 25.8. The fraction of sp³-hybridized carbons (Fsp3) is 0.633. The van der Waals surface area contributed by atoms with Gasteiger partial charge in [-0.05, 0) is 69.0 Å². The summed E-state index contributed by atoms with van der Waals surface area (Å²) in [6.07, 6.45) is 11.6. The number of anilines is 1. The van der Waals surface area contributed by atoms with Gasteiger partial charge in [-0.3, -0.25) is 9.69 Å². The SMILES string of the molecule is CN(C)c1cnc(CC(=O)N2CC[C@@]34CC[C@@H]2[C@@H]2Oc5c(O)ccc6c5[C@@]23CCN(CC2CC2)[C@@H]4C6)nc1. The third-order valence-corrected chi connectivity index (χ3v) is 11.0. The topological polar surface area (TPSA) is 82.0 Å². The molecule has 8 nitrogen and oxygen atoms in total. The van der Waals surface area contributed by atoms with E-state index in [1.54, 1.807) is 12.4 Å². The van der Waals surface area contributed by atoms with E-state index >= 15 is 0 Å². The molecule has 8 heteroatoms. The Balaban J connectivity index is 1.18. The molecule has 38 heavy (non-hydrogen) atoms. The summed E-state index contributed by atoms with van der Waals surface area (Å²) in [5.41, 5.74) is 3.52. The van der Waals surface area contributed by atoms with Crippen molar-refractivity contribution in [3.8, 4) is 11.5 Å². The Kier molecular flexibility index (Phi) is 4.76. The molecule has 1 N–H and O–H groups in total. The number of phenols is 1. The van der Waals surface area contributed by atoms with Gasteiger partial charge in [0.2, 0.25) is 5.91 Å². The van der Waals surface area contributed by atoms with Gasteiger partial charge < -0.3 is 19.6 Å². The number of aromatic nitrogens is 2. The average molecular weight is 516 g/mol. The quantitative estimate of drug-likeness (QED) is 0.656. The molecule has 0 unspecified atom stereocenters. The van der Waals surface area contributed by atoms with Crippen molar-refractivity contribution in [2.75, 3.05) is 38.6 Å². The second-order valence-electron chi connectivity index (χ2n) is 12.9. The van der Waals surface area contributed by atoms with Crippen LogP contribution < -0.4 is 9.64 Å². The molecular formula is C30H37N5O3. The maximum atomic E-state index is 13.9. The van der Waals surface area contributed by atoms with Crippen LogP contribution in [0.15, 0.2) is 24.5 Å². The summed E-state index contributed by atoms with van der Waals surface area (Å²) in [6, 6.07) is 4.46. The third kappa shape index (κ3) is 2.93. The number of carbonyl (C=O) groups is 1. The Morgan fingerprint density at radius 1 is 1.13 bits per heavy atom. The van der Waals surface area contributed by atoms with E-state index in [2.05, 4.69) is 25.8 Å². The highest BCUT2D eigenvalue weighted by Gasteiger charge is 2.74. The van der Waals surface area contributed by atoms with Crippen molar-refractivity contribution < 1.29 is 14.6 Å². The van der Waals surface area contributed by atoms with Gasteiger partial charge in [0.15, 0.2) is 11.5 Å². The van der Waals surface area contributed by atoms with Crippen molar-refractivity contribution in [2.45, 2.75) is 75.0 Å². The number of carbonyl (C=O) groups excluding carboxylic acids is 1. The normalized spacial score (nSPS) is 34.5. The minimum absolute atomic E-state index is 0.00700. The molecule has 7 aliphatic rings. The van der Waals surface area contributed by atoms with Gasteiger partial charge in [0.1, 0.15) is 11.9 Å². The van der Waals surface area contributed by atoms with Crippen LogP contribution in [0.4, 0.5) is 5.69 Å². The van der Waals surface area contributed by atoms with E-state index in [9.17, 15) is 9.90 Å². The highest BCUT2D eigenvalue weighted by Crippen LogP contribution is 2.71. The highest BCUT2D eigenvalue weighted by molar-refractivity contribution is 5.79. The van der Waals surface area contributed by atoms with Gasteiger partial charge in [0.05, 0.1) is 30.5 Å². The zero-order valence-electron chi connectivity index (χ0n) is 22.4. The zero-order valence-corrected chi connectivity index (χ0v) is 22.4. The maximum absolute atomic E-state index is 13.9. The first kappa shape index (κ1) is 23.1. The number of benzene rings is 1. The van der Waals surface area contributed by atoms with Gasteiger partial charge in [0.25, 0.3) is 0 Å². The summed E-state index contributed by atoms with van der Waals surface area (Å²) in [7, 11) is 3.92. The van der Waals surface area contributed by atoms with Crippen LogP contribution in [0.1, 0.15) is 55.5 Å². The van der Waals surface area contributed by atoms with Gasteiger partial charge in [0, 0.05) is 49.6 Å². The first-order chi connectivity index (χ1) is 18.4. The van der Waals surface area contributed by atoms with Crippen LogP contribution in [-0.2, 0) is 23.1 Å². The third-order valence-electron chi connectivity index (χ3n) is 11.0.